The highest BCUT2D eigenvalue weighted by molar-refractivity contribution is 9.10. The molecule has 104 valence electrons. The molecule has 0 bridgehead atoms. The van der Waals surface area contributed by atoms with Crippen molar-refractivity contribution in [2.24, 2.45) is 0 Å². The number of halogens is 1. The average Bonchev–Trinajstić information content (AvgIpc) is 2.50. The second kappa shape index (κ2) is 5.68. The van der Waals surface area contributed by atoms with Crippen LogP contribution in [-0.2, 0) is 10.3 Å². The molecule has 0 radical (unpaired) electrons. The largest absolute Gasteiger partial charge is 0.370 e. The van der Waals surface area contributed by atoms with Crippen molar-refractivity contribution in [3.05, 3.63) is 70.2 Å². The van der Waals surface area contributed by atoms with Crippen LogP contribution in [0, 0.1) is 0 Å². The molecule has 0 aliphatic carbocycles. The predicted octanol–water partition coefficient (Wildman–Crippen LogP) is 4.03. The Balaban J connectivity index is 1.76. The normalized spacial score (nSPS) is 26.4. The Bertz CT molecular complexity index is 577. The standard InChI is InChI=1S/C17H18BrNO/c1-17(13-7-3-2-4-8-13)12-20-16(11-19-17)14-9-5-6-10-15(14)18/h2-10,16,19H,11-12H2,1H3. The minimum Gasteiger partial charge on any atom is -0.370 e. The van der Waals surface area contributed by atoms with Crippen molar-refractivity contribution in [1.29, 1.82) is 0 Å². The quantitative estimate of drug-likeness (QED) is 0.897. The summed E-state index contributed by atoms with van der Waals surface area (Å²) < 4.78 is 7.23. The molecular formula is C17H18BrNO. The first-order chi connectivity index (χ1) is 9.69. The first-order valence-electron chi connectivity index (χ1n) is 6.86. The lowest BCUT2D eigenvalue weighted by Crippen LogP contribution is -2.50. The van der Waals surface area contributed by atoms with E-state index in [2.05, 4.69) is 70.6 Å². The van der Waals surface area contributed by atoms with Crippen LogP contribution in [0.1, 0.15) is 24.2 Å². The molecule has 2 aromatic carbocycles. The van der Waals surface area contributed by atoms with Gasteiger partial charge in [0.1, 0.15) is 0 Å². The van der Waals surface area contributed by atoms with Crippen LogP contribution in [0.3, 0.4) is 0 Å². The lowest BCUT2D eigenvalue weighted by Gasteiger charge is -2.39. The molecular weight excluding hydrogens is 314 g/mol. The molecule has 1 heterocycles. The van der Waals surface area contributed by atoms with Gasteiger partial charge in [-0.2, -0.15) is 0 Å². The Labute approximate surface area is 128 Å². The maximum atomic E-state index is 6.12. The Morgan fingerprint density at radius 3 is 2.45 bits per heavy atom. The van der Waals surface area contributed by atoms with Gasteiger partial charge in [0.15, 0.2) is 0 Å². The first-order valence-corrected chi connectivity index (χ1v) is 7.65. The molecule has 20 heavy (non-hydrogen) atoms. The van der Waals surface area contributed by atoms with Crippen LogP contribution >= 0.6 is 15.9 Å². The third-order valence-corrected chi connectivity index (χ3v) is 4.64. The topological polar surface area (TPSA) is 21.3 Å². The molecule has 1 aliphatic rings. The Kier molecular flexibility index (Phi) is 3.92. The molecule has 1 aliphatic heterocycles. The molecule has 0 amide bonds. The van der Waals surface area contributed by atoms with E-state index in [1.807, 2.05) is 12.1 Å². The monoisotopic (exact) mass is 331 g/mol. The summed E-state index contributed by atoms with van der Waals surface area (Å²) in [4.78, 5) is 0. The maximum Gasteiger partial charge on any atom is 0.0961 e. The Hall–Kier alpha value is -1.16. The third-order valence-electron chi connectivity index (χ3n) is 3.91. The Morgan fingerprint density at radius 2 is 1.80 bits per heavy atom. The highest BCUT2D eigenvalue weighted by Gasteiger charge is 2.33. The van der Waals surface area contributed by atoms with Gasteiger partial charge in [0.05, 0.1) is 18.2 Å². The van der Waals surface area contributed by atoms with Gasteiger partial charge >= 0.3 is 0 Å². The summed E-state index contributed by atoms with van der Waals surface area (Å²) >= 11 is 3.60. The summed E-state index contributed by atoms with van der Waals surface area (Å²) in [6.45, 7) is 3.68. The predicted molar refractivity (Wildman–Crippen MR) is 84.6 cm³/mol. The fourth-order valence-corrected chi connectivity index (χ4v) is 3.16. The van der Waals surface area contributed by atoms with Crippen molar-refractivity contribution in [2.75, 3.05) is 13.2 Å². The number of hydrogen-bond acceptors (Lipinski definition) is 2. The zero-order valence-electron chi connectivity index (χ0n) is 11.5. The zero-order valence-corrected chi connectivity index (χ0v) is 13.1. The van der Waals surface area contributed by atoms with Crippen molar-refractivity contribution in [3.63, 3.8) is 0 Å². The van der Waals surface area contributed by atoms with Crippen LogP contribution < -0.4 is 5.32 Å². The molecule has 1 saturated heterocycles. The fraction of sp³-hybridized carbons (Fsp3) is 0.294. The summed E-state index contributed by atoms with van der Waals surface area (Å²) in [5.74, 6) is 0. The summed E-state index contributed by atoms with van der Waals surface area (Å²) in [5.41, 5.74) is 2.36. The van der Waals surface area contributed by atoms with E-state index >= 15 is 0 Å². The molecule has 3 rings (SSSR count). The number of morpholine rings is 1. The van der Waals surface area contributed by atoms with Crippen molar-refractivity contribution in [1.82, 2.24) is 5.32 Å². The maximum absolute atomic E-state index is 6.12. The van der Waals surface area contributed by atoms with E-state index < -0.39 is 0 Å². The van der Waals surface area contributed by atoms with Crippen molar-refractivity contribution >= 4 is 15.9 Å². The summed E-state index contributed by atoms with van der Waals surface area (Å²) in [7, 11) is 0. The minimum atomic E-state index is -0.112. The summed E-state index contributed by atoms with van der Waals surface area (Å²) in [5, 5.41) is 3.64. The van der Waals surface area contributed by atoms with Crippen LogP contribution in [0.2, 0.25) is 0 Å². The van der Waals surface area contributed by atoms with E-state index in [9.17, 15) is 0 Å². The minimum absolute atomic E-state index is 0.0994. The zero-order chi connectivity index (χ0) is 14.0. The molecule has 0 saturated carbocycles. The number of hydrogen-bond donors (Lipinski definition) is 1. The van der Waals surface area contributed by atoms with Crippen LogP contribution in [0.5, 0.6) is 0 Å². The van der Waals surface area contributed by atoms with Gasteiger partial charge in [0.2, 0.25) is 0 Å². The van der Waals surface area contributed by atoms with E-state index in [4.69, 9.17) is 4.74 Å². The smallest absolute Gasteiger partial charge is 0.0961 e. The third kappa shape index (κ3) is 2.66. The molecule has 2 unspecified atom stereocenters. The van der Waals surface area contributed by atoms with Gasteiger partial charge in [-0.3, -0.25) is 0 Å². The number of nitrogens with one attached hydrogen (secondary N) is 1. The van der Waals surface area contributed by atoms with Gasteiger partial charge < -0.3 is 10.1 Å². The number of ether oxygens (including phenoxy) is 1. The highest BCUT2D eigenvalue weighted by atomic mass is 79.9. The molecule has 2 nitrogen and oxygen atoms in total. The van der Waals surface area contributed by atoms with Gasteiger partial charge in [0, 0.05) is 11.0 Å². The van der Waals surface area contributed by atoms with Crippen molar-refractivity contribution in [3.8, 4) is 0 Å². The van der Waals surface area contributed by atoms with E-state index in [0.717, 1.165) is 11.0 Å². The average molecular weight is 332 g/mol. The van der Waals surface area contributed by atoms with Crippen molar-refractivity contribution < 1.29 is 4.74 Å². The fourth-order valence-electron chi connectivity index (χ4n) is 2.62. The number of benzene rings is 2. The highest BCUT2D eigenvalue weighted by Crippen LogP contribution is 2.32. The number of rotatable bonds is 2. The lowest BCUT2D eigenvalue weighted by atomic mass is 9.91. The second-order valence-corrected chi connectivity index (χ2v) is 6.25. The second-order valence-electron chi connectivity index (χ2n) is 5.40. The first kappa shape index (κ1) is 13.8. The van der Waals surface area contributed by atoms with E-state index in [1.54, 1.807) is 0 Å². The molecule has 1 fully saturated rings. The van der Waals surface area contributed by atoms with Gasteiger partial charge in [-0.25, -0.2) is 0 Å². The molecule has 2 aromatic rings. The van der Waals surface area contributed by atoms with Crippen LogP contribution in [0.25, 0.3) is 0 Å². The summed E-state index contributed by atoms with van der Waals surface area (Å²) in [6, 6.07) is 18.7. The molecule has 0 spiro atoms. The van der Waals surface area contributed by atoms with Crippen LogP contribution in [0.15, 0.2) is 59.1 Å². The van der Waals surface area contributed by atoms with Gasteiger partial charge in [-0.05, 0) is 24.1 Å². The molecule has 1 N–H and O–H groups in total. The molecule has 0 aromatic heterocycles. The van der Waals surface area contributed by atoms with E-state index in [-0.39, 0.29) is 11.6 Å². The molecule has 2 atom stereocenters. The lowest BCUT2D eigenvalue weighted by molar-refractivity contribution is -0.0311. The van der Waals surface area contributed by atoms with E-state index in [0.29, 0.717) is 6.61 Å². The summed E-state index contributed by atoms with van der Waals surface area (Å²) in [6.07, 6.45) is 0.0994. The van der Waals surface area contributed by atoms with Crippen LogP contribution in [0.4, 0.5) is 0 Å². The van der Waals surface area contributed by atoms with Crippen molar-refractivity contribution in [2.45, 2.75) is 18.6 Å². The van der Waals surface area contributed by atoms with E-state index in [1.165, 1.54) is 11.1 Å². The van der Waals surface area contributed by atoms with Crippen LogP contribution in [-0.4, -0.2) is 13.2 Å². The van der Waals surface area contributed by atoms with Gasteiger partial charge in [-0.1, -0.05) is 64.5 Å². The Morgan fingerprint density at radius 1 is 1.10 bits per heavy atom. The SMILES string of the molecule is CC1(c2ccccc2)COC(c2ccccc2Br)CN1. The van der Waals surface area contributed by atoms with Gasteiger partial charge in [0.25, 0.3) is 0 Å². The van der Waals surface area contributed by atoms with Gasteiger partial charge in [-0.15, -0.1) is 0 Å². The molecule has 3 heteroatoms.